The van der Waals surface area contributed by atoms with Gasteiger partial charge in [-0.05, 0) is 98.2 Å². The minimum Gasteiger partial charge on any atom is -0.496 e. The lowest BCUT2D eigenvalue weighted by Gasteiger charge is -2.39. The predicted octanol–water partition coefficient (Wildman–Crippen LogP) is 9.10. The summed E-state index contributed by atoms with van der Waals surface area (Å²) in [6.45, 7) is 11.6. The standard InChI is InChI=1S/C23H29NO.C15H22O/c1-5-15-24(18(3)19-11-9-17(2)10-12-19)21-13-14-22-20(16-21)7-6-8-23(22)25-4;1-3-4-6-12-9-10-14-13(11-12)7-5-8-15(14)16-2/h5-12,18,21H,1,13-16H2,2-4H3;5,7-8,12H,3-4,6,9-11H2,1-2H3/t18-,21+;12-/m10/s1. The molecular formula is C38H51NO2. The number of hydrogen-bond donors (Lipinski definition) is 0. The number of benzene rings is 3. The molecule has 0 aliphatic heterocycles. The molecule has 0 aromatic heterocycles. The van der Waals surface area contributed by atoms with Crippen LogP contribution >= 0.6 is 0 Å². The second-order valence-electron chi connectivity index (χ2n) is 11.9. The maximum absolute atomic E-state index is 5.55. The monoisotopic (exact) mass is 553 g/mol. The maximum atomic E-state index is 5.55. The molecule has 0 fully saturated rings. The third-order valence-electron chi connectivity index (χ3n) is 9.23. The molecule has 0 amide bonds. The van der Waals surface area contributed by atoms with Crippen molar-refractivity contribution in [1.82, 2.24) is 4.90 Å². The average molecular weight is 554 g/mol. The lowest BCUT2D eigenvalue weighted by molar-refractivity contribution is 0.147. The molecule has 0 radical (unpaired) electrons. The Morgan fingerprint density at radius 3 is 2.07 bits per heavy atom. The molecule has 3 aromatic rings. The second kappa shape index (κ2) is 15.3. The molecule has 3 atom stereocenters. The molecular weight excluding hydrogens is 502 g/mol. The fourth-order valence-corrected chi connectivity index (χ4v) is 6.81. The van der Waals surface area contributed by atoms with Gasteiger partial charge in [-0.1, -0.05) is 86.4 Å². The van der Waals surface area contributed by atoms with Crippen LogP contribution in [0.1, 0.15) is 85.4 Å². The summed E-state index contributed by atoms with van der Waals surface area (Å²) in [6.07, 6.45) is 13.3. The first kappa shape index (κ1) is 30.9. The molecule has 0 N–H and O–H groups in total. The van der Waals surface area contributed by atoms with Crippen LogP contribution in [-0.2, 0) is 25.7 Å². The van der Waals surface area contributed by atoms with Gasteiger partial charge in [0.2, 0.25) is 0 Å². The number of hydrogen-bond acceptors (Lipinski definition) is 3. The van der Waals surface area contributed by atoms with Crippen molar-refractivity contribution in [2.45, 2.75) is 90.6 Å². The summed E-state index contributed by atoms with van der Waals surface area (Å²) in [4.78, 5) is 2.60. The zero-order valence-corrected chi connectivity index (χ0v) is 26.1. The van der Waals surface area contributed by atoms with Gasteiger partial charge in [0, 0.05) is 18.6 Å². The van der Waals surface area contributed by atoms with Gasteiger partial charge in [-0.3, -0.25) is 4.90 Å². The highest BCUT2D eigenvalue weighted by Gasteiger charge is 2.28. The Balaban J connectivity index is 0.000000208. The summed E-state index contributed by atoms with van der Waals surface area (Å²) in [6, 6.07) is 22.8. The highest BCUT2D eigenvalue weighted by atomic mass is 16.5. The number of aryl methyl sites for hydroxylation is 1. The van der Waals surface area contributed by atoms with Crippen LogP contribution in [0.5, 0.6) is 11.5 Å². The minimum absolute atomic E-state index is 0.385. The SMILES string of the molecule is C=CCN([C@H]1CCc2c(cccc2OC)C1)[C@H](C)c1ccc(C)cc1.CCCC[C@H]1CCc2c(cccc2OC)C1. The van der Waals surface area contributed by atoms with Gasteiger partial charge in [0.1, 0.15) is 11.5 Å². The Bertz CT molecular complexity index is 1250. The summed E-state index contributed by atoms with van der Waals surface area (Å²) in [5.41, 5.74) is 8.49. The Labute approximate surface area is 249 Å². The molecule has 0 spiro atoms. The molecule has 5 rings (SSSR count). The van der Waals surface area contributed by atoms with Crippen molar-refractivity contribution < 1.29 is 9.47 Å². The number of ether oxygens (including phenoxy) is 2. The van der Waals surface area contributed by atoms with E-state index >= 15 is 0 Å². The quantitative estimate of drug-likeness (QED) is 0.234. The lowest BCUT2D eigenvalue weighted by Crippen LogP contribution is -2.41. The van der Waals surface area contributed by atoms with Gasteiger partial charge < -0.3 is 9.47 Å². The van der Waals surface area contributed by atoms with E-state index in [0.29, 0.717) is 12.1 Å². The summed E-state index contributed by atoms with van der Waals surface area (Å²) >= 11 is 0. The van der Waals surface area contributed by atoms with Crippen LogP contribution in [0.25, 0.3) is 0 Å². The molecule has 3 heteroatoms. The largest absolute Gasteiger partial charge is 0.496 e. The van der Waals surface area contributed by atoms with Crippen LogP contribution in [0, 0.1) is 12.8 Å². The number of unbranched alkanes of at least 4 members (excludes halogenated alkanes) is 1. The number of methoxy groups -OCH3 is 2. The third-order valence-corrected chi connectivity index (χ3v) is 9.23. The van der Waals surface area contributed by atoms with E-state index in [-0.39, 0.29) is 0 Å². The summed E-state index contributed by atoms with van der Waals surface area (Å²) in [7, 11) is 3.55. The fourth-order valence-electron chi connectivity index (χ4n) is 6.81. The highest BCUT2D eigenvalue weighted by molar-refractivity contribution is 5.43. The van der Waals surface area contributed by atoms with Gasteiger partial charge in [-0.2, -0.15) is 0 Å². The molecule has 0 saturated carbocycles. The van der Waals surface area contributed by atoms with Crippen LogP contribution in [0.3, 0.4) is 0 Å². The summed E-state index contributed by atoms with van der Waals surface area (Å²) in [5.74, 6) is 3.03. The molecule has 2 aliphatic rings. The normalized spacial score (nSPS) is 18.4. The Morgan fingerprint density at radius 1 is 0.878 bits per heavy atom. The number of fused-ring (bicyclic) bond motifs is 2. The first-order valence-electron chi connectivity index (χ1n) is 15.7. The Hall–Kier alpha value is -3.04. The zero-order chi connectivity index (χ0) is 29.2. The lowest BCUT2D eigenvalue weighted by atomic mass is 9.81. The highest BCUT2D eigenvalue weighted by Crippen LogP contribution is 2.35. The van der Waals surface area contributed by atoms with E-state index in [1.165, 1.54) is 71.9 Å². The molecule has 0 unspecified atom stereocenters. The van der Waals surface area contributed by atoms with Crippen molar-refractivity contribution >= 4 is 0 Å². The van der Waals surface area contributed by atoms with E-state index < -0.39 is 0 Å². The first-order valence-corrected chi connectivity index (χ1v) is 15.7. The van der Waals surface area contributed by atoms with E-state index in [4.69, 9.17) is 9.47 Å². The van der Waals surface area contributed by atoms with Crippen molar-refractivity contribution in [1.29, 1.82) is 0 Å². The molecule has 0 heterocycles. The summed E-state index contributed by atoms with van der Waals surface area (Å²) < 4.78 is 11.0. The van der Waals surface area contributed by atoms with Crippen LogP contribution < -0.4 is 9.47 Å². The zero-order valence-electron chi connectivity index (χ0n) is 26.1. The molecule has 41 heavy (non-hydrogen) atoms. The Morgan fingerprint density at radius 2 is 1.49 bits per heavy atom. The number of nitrogens with zero attached hydrogens (tertiary/aromatic N) is 1. The van der Waals surface area contributed by atoms with E-state index in [1.807, 2.05) is 6.08 Å². The van der Waals surface area contributed by atoms with Crippen LogP contribution in [0.15, 0.2) is 73.3 Å². The molecule has 3 nitrogen and oxygen atoms in total. The second-order valence-corrected chi connectivity index (χ2v) is 11.9. The van der Waals surface area contributed by atoms with Gasteiger partial charge in [-0.15, -0.1) is 6.58 Å². The van der Waals surface area contributed by atoms with Gasteiger partial charge in [0.15, 0.2) is 0 Å². The minimum atomic E-state index is 0.385. The third kappa shape index (κ3) is 7.83. The van der Waals surface area contributed by atoms with Crippen molar-refractivity contribution in [3.8, 4) is 11.5 Å². The van der Waals surface area contributed by atoms with Crippen LogP contribution in [0.4, 0.5) is 0 Å². The van der Waals surface area contributed by atoms with Gasteiger partial charge in [0.25, 0.3) is 0 Å². The fraction of sp³-hybridized carbons (Fsp3) is 0.474. The average Bonchev–Trinajstić information content (AvgIpc) is 3.02. The molecule has 3 aromatic carbocycles. The van der Waals surface area contributed by atoms with E-state index in [2.05, 4.69) is 92.9 Å². The van der Waals surface area contributed by atoms with Crippen LogP contribution in [-0.4, -0.2) is 31.7 Å². The topological polar surface area (TPSA) is 21.7 Å². The van der Waals surface area contributed by atoms with Gasteiger partial charge >= 0.3 is 0 Å². The molecule has 0 bridgehead atoms. The maximum Gasteiger partial charge on any atom is 0.122 e. The van der Waals surface area contributed by atoms with Gasteiger partial charge in [-0.25, -0.2) is 0 Å². The first-order chi connectivity index (χ1) is 20.0. The van der Waals surface area contributed by atoms with Crippen molar-refractivity contribution in [3.05, 3.63) is 107 Å². The van der Waals surface area contributed by atoms with Crippen molar-refractivity contribution in [3.63, 3.8) is 0 Å². The van der Waals surface area contributed by atoms with E-state index in [1.54, 1.807) is 14.2 Å². The smallest absolute Gasteiger partial charge is 0.122 e. The van der Waals surface area contributed by atoms with Crippen LogP contribution in [0.2, 0.25) is 0 Å². The van der Waals surface area contributed by atoms with Gasteiger partial charge in [0.05, 0.1) is 14.2 Å². The predicted molar refractivity (Wildman–Crippen MR) is 173 cm³/mol. The molecule has 2 aliphatic carbocycles. The van der Waals surface area contributed by atoms with E-state index in [0.717, 1.165) is 43.2 Å². The van der Waals surface area contributed by atoms with Crippen molar-refractivity contribution in [2.24, 2.45) is 5.92 Å². The molecule has 220 valence electrons. The molecule has 0 saturated heterocycles. The Kier molecular flexibility index (Phi) is 11.5. The summed E-state index contributed by atoms with van der Waals surface area (Å²) in [5, 5.41) is 0. The van der Waals surface area contributed by atoms with Crippen molar-refractivity contribution in [2.75, 3.05) is 20.8 Å². The van der Waals surface area contributed by atoms with E-state index in [9.17, 15) is 0 Å². The number of rotatable bonds is 10.